The minimum absolute atomic E-state index is 0.0925. The molecule has 3 rings (SSSR count). The zero-order chi connectivity index (χ0) is 20.5. The molecule has 1 amide bonds. The van der Waals surface area contributed by atoms with E-state index in [1.54, 1.807) is 6.92 Å². The Morgan fingerprint density at radius 3 is 2.68 bits per heavy atom. The summed E-state index contributed by atoms with van der Waals surface area (Å²) in [5, 5.41) is 2.60. The molecule has 28 heavy (non-hydrogen) atoms. The van der Waals surface area contributed by atoms with Crippen LogP contribution in [-0.4, -0.2) is 52.5 Å². The first-order chi connectivity index (χ1) is 13.2. The first kappa shape index (κ1) is 20.2. The van der Waals surface area contributed by atoms with E-state index in [-0.39, 0.29) is 22.8 Å². The molecule has 2 aromatic heterocycles. The highest BCUT2D eigenvalue weighted by Gasteiger charge is 2.33. The minimum Gasteiger partial charge on any atom is -0.481 e. The standard InChI is InChI=1S/C17H21F3N4O4/c1-3-10-22-14-11(15(25)23-10)13(28-8-17(18,19)20)12(24(14)2)16(26)21-9-4-6-27-7-5-9/h9H,3-8H2,1-2H3,(H,21,26)(H,22,23,25). The smallest absolute Gasteiger partial charge is 0.422 e. The summed E-state index contributed by atoms with van der Waals surface area (Å²) in [5.74, 6) is -0.685. The highest BCUT2D eigenvalue weighted by molar-refractivity contribution is 6.03. The van der Waals surface area contributed by atoms with Gasteiger partial charge < -0.3 is 24.3 Å². The van der Waals surface area contributed by atoms with Crippen LogP contribution in [0.25, 0.3) is 11.0 Å². The van der Waals surface area contributed by atoms with Crippen LogP contribution in [0.2, 0.25) is 0 Å². The first-order valence-electron chi connectivity index (χ1n) is 8.91. The molecule has 0 aromatic carbocycles. The number of amides is 1. The van der Waals surface area contributed by atoms with E-state index in [2.05, 4.69) is 15.3 Å². The second-order valence-corrected chi connectivity index (χ2v) is 6.57. The van der Waals surface area contributed by atoms with Crippen LogP contribution in [0.15, 0.2) is 4.79 Å². The number of aryl methyl sites for hydroxylation is 2. The van der Waals surface area contributed by atoms with E-state index in [9.17, 15) is 22.8 Å². The molecule has 0 aliphatic carbocycles. The summed E-state index contributed by atoms with van der Waals surface area (Å²) < 4.78 is 49.6. The van der Waals surface area contributed by atoms with Gasteiger partial charge in [-0.2, -0.15) is 13.2 Å². The van der Waals surface area contributed by atoms with Crippen molar-refractivity contribution in [3.8, 4) is 5.75 Å². The Hall–Kier alpha value is -2.56. The molecule has 2 N–H and O–H groups in total. The maximum absolute atomic E-state index is 12.8. The van der Waals surface area contributed by atoms with Crippen LogP contribution < -0.4 is 15.6 Å². The third-order valence-corrected chi connectivity index (χ3v) is 4.53. The highest BCUT2D eigenvalue weighted by atomic mass is 19.4. The number of aromatic amines is 1. The van der Waals surface area contributed by atoms with Crippen molar-refractivity contribution in [2.75, 3.05) is 19.8 Å². The molecule has 0 unspecified atom stereocenters. The molecule has 0 atom stereocenters. The van der Waals surface area contributed by atoms with Crippen molar-refractivity contribution in [2.45, 2.75) is 38.4 Å². The number of fused-ring (bicyclic) bond motifs is 1. The van der Waals surface area contributed by atoms with Crippen LogP contribution in [0.5, 0.6) is 5.75 Å². The monoisotopic (exact) mass is 402 g/mol. The molecule has 1 aliphatic heterocycles. The number of alkyl halides is 3. The van der Waals surface area contributed by atoms with E-state index in [1.807, 2.05) is 0 Å². The maximum atomic E-state index is 12.8. The zero-order valence-electron chi connectivity index (χ0n) is 15.5. The van der Waals surface area contributed by atoms with Crippen molar-refractivity contribution in [3.63, 3.8) is 0 Å². The van der Waals surface area contributed by atoms with Gasteiger partial charge in [0.2, 0.25) is 0 Å². The van der Waals surface area contributed by atoms with E-state index in [4.69, 9.17) is 9.47 Å². The zero-order valence-corrected chi connectivity index (χ0v) is 15.5. The van der Waals surface area contributed by atoms with Crippen LogP contribution in [-0.2, 0) is 18.2 Å². The van der Waals surface area contributed by atoms with Crippen LogP contribution in [0.1, 0.15) is 36.1 Å². The van der Waals surface area contributed by atoms with Crippen LogP contribution in [0.4, 0.5) is 13.2 Å². The fraction of sp³-hybridized carbons (Fsp3) is 0.588. The molecule has 0 radical (unpaired) electrons. The lowest BCUT2D eigenvalue weighted by Gasteiger charge is -2.23. The number of carbonyl (C=O) groups is 1. The number of ether oxygens (including phenoxy) is 2. The van der Waals surface area contributed by atoms with E-state index in [1.165, 1.54) is 11.6 Å². The first-order valence-corrected chi connectivity index (χ1v) is 8.91. The van der Waals surface area contributed by atoms with Crippen LogP contribution in [0.3, 0.4) is 0 Å². The molecule has 0 saturated carbocycles. The number of hydrogen-bond donors (Lipinski definition) is 2. The second-order valence-electron chi connectivity index (χ2n) is 6.57. The second kappa shape index (κ2) is 7.82. The average molecular weight is 402 g/mol. The van der Waals surface area contributed by atoms with Gasteiger partial charge in [0.1, 0.15) is 11.2 Å². The molecule has 1 saturated heterocycles. The van der Waals surface area contributed by atoms with E-state index < -0.39 is 30.0 Å². The summed E-state index contributed by atoms with van der Waals surface area (Å²) in [5.41, 5.74) is -0.730. The number of nitrogens with zero attached hydrogens (tertiary/aromatic N) is 2. The van der Waals surface area contributed by atoms with E-state index in [0.717, 1.165) is 0 Å². The Morgan fingerprint density at radius 2 is 2.07 bits per heavy atom. The third kappa shape index (κ3) is 4.13. The van der Waals surface area contributed by atoms with E-state index >= 15 is 0 Å². The van der Waals surface area contributed by atoms with Gasteiger partial charge in [-0.3, -0.25) is 9.59 Å². The summed E-state index contributed by atoms with van der Waals surface area (Å²) >= 11 is 0. The van der Waals surface area contributed by atoms with Gasteiger partial charge in [0, 0.05) is 32.7 Å². The molecule has 1 aliphatic rings. The molecule has 1 fully saturated rings. The normalized spacial score (nSPS) is 15.8. The van der Waals surface area contributed by atoms with Crippen molar-refractivity contribution < 1.29 is 27.4 Å². The third-order valence-electron chi connectivity index (χ3n) is 4.53. The predicted molar refractivity (Wildman–Crippen MR) is 93.6 cm³/mol. The van der Waals surface area contributed by atoms with E-state index in [0.29, 0.717) is 38.3 Å². The minimum atomic E-state index is -4.62. The van der Waals surface area contributed by atoms with Crippen LogP contribution in [0, 0.1) is 0 Å². The predicted octanol–water partition coefficient (Wildman–Crippen LogP) is 1.67. The maximum Gasteiger partial charge on any atom is 0.422 e. The molecule has 2 aromatic rings. The van der Waals surface area contributed by atoms with Crippen molar-refractivity contribution in [1.29, 1.82) is 0 Å². The topological polar surface area (TPSA) is 98.2 Å². The number of H-pyrrole nitrogens is 1. The number of rotatable bonds is 5. The van der Waals surface area contributed by atoms with Gasteiger partial charge in [-0.1, -0.05) is 6.92 Å². The molecule has 0 bridgehead atoms. The van der Waals surface area contributed by atoms with Gasteiger partial charge in [0.05, 0.1) is 0 Å². The highest BCUT2D eigenvalue weighted by Crippen LogP contribution is 2.31. The summed E-state index contributed by atoms with van der Waals surface area (Å²) in [6.07, 6.45) is -3.03. The number of nitrogens with one attached hydrogen (secondary N) is 2. The molecule has 0 spiro atoms. The number of halogens is 3. The van der Waals surface area contributed by atoms with Gasteiger partial charge in [0.25, 0.3) is 11.5 Å². The van der Waals surface area contributed by atoms with Crippen molar-refractivity contribution >= 4 is 16.9 Å². The Balaban J connectivity index is 2.07. The van der Waals surface area contributed by atoms with Crippen molar-refractivity contribution in [3.05, 3.63) is 21.9 Å². The van der Waals surface area contributed by atoms with Crippen molar-refractivity contribution in [2.24, 2.45) is 7.05 Å². The quantitative estimate of drug-likeness (QED) is 0.793. The number of aromatic nitrogens is 3. The van der Waals surface area contributed by atoms with Gasteiger partial charge in [-0.25, -0.2) is 4.98 Å². The summed E-state index contributed by atoms with van der Waals surface area (Å²) in [6.45, 7) is 1.11. The Labute approximate surface area is 158 Å². The molecule has 8 nitrogen and oxygen atoms in total. The number of carbonyl (C=O) groups excluding carboxylic acids is 1. The Bertz CT molecular complexity index is 929. The lowest BCUT2D eigenvalue weighted by molar-refractivity contribution is -0.153. The van der Waals surface area contributed by atoms with Gasteiger partial charge in [0.15, 0.2) is 23.7 Å². The lowest BCUT2D eigenvalue weighted by Crippen LogP contribution is -2.39. The molecule has 11 heteroatoms. The molecular weight excluding hydrogens is 381 g/mol. The average Bonchev–Trinajstić information content (AvgIpc) is 2.92. The van der Waals surface area contributed by atoms with Gasteiger partial charge >= 0.3 is 6.18 Å². The molecular formula is C17H21F3N4O4. The molecule has 3 heterocycles. The largest absolute Gasteiger partial charge is 0.481 e. The SMILES string of the molecule is CCc1nc2c(c(OCC(F)(F)F)c(C(=O)NC3CCOCC3)n2C)c(=O)[nH]1. The van der Waals surface area contributed by atoms with Gasteiger partial charge in [-0.05, 0) is 12.8 Å². The fourth-order valence-electron chi connectivity index (χ4n) is 3.14. The number of hydrogen-bond acceptors (Lipinski definition) is 5. The molecule has 154 valence electrons. The Kier molecular flexibility index (Phi) is 5.64. The summed E-state index contributed by atoms with van der Waals surface area (Å²) in [6, 6.07) is -0.174. The van der Waals surface area contributed by atoms with Gasteiger partial charge in [-0.15, -0.1) is 0 Å². The lowest BCUT2D eigenvalue weighted by atomic mass is 10.1. The summed E-state index contributed by atoms with van der Waals surface area (Å²) in [7, 11) is 1.47. The summed E-state index contributed by atoms with van der Waals surface area (Å²) in [4.78, 5) is 32.1. The van der Waals surface area contributed by atoms with Crippen molar-refractivity contribution in [1.82, 2.24) is 19.9 Å². The fourth-order valence-corrected chi connectivity index (χ4v) is 3.14. The Morgan fingerprint density at radius 1 is 1.39 bits per heavy atom. The van der Waals surface area contributed by atoms with Crippen LogP contribution >= 0.6 is 0 Å².